The predicted octanol–water partition coefficient (Wildman–Crippen LogP) is 13.2. The molecule has 0 saturated carbocycles. The van der Waals surface area contributed by atoms with Crippen molar-refractivity contribution in [2.45, 2.75) is 168 Å². The molecule has 0 aliphatic heterocycles. The first-order valence-electron chi connectivity index (χ1n) is 17.2. The molecule has 2 aromatic carbocycles. The predicted molar refractivity (Wildman–Crippen MR) is 173 cm³/mol. The van der Waals surface area contributed by atoms with E-state index >= 15 is 0 Å². The van der Waals surface area contributed by atoms with Crippen LogP contribution < -0.4 is 4.74 Å². The number of aryl methyl sites for hydroxylation is 2. The summed E-state index contributed by atoms with van der Waals surface area (Å²) in [6.07, 6.45) is 33.1. The molecule has 0 heterocycles. The van der Waals surface area contributed by atoms with Crippen molar-refractivity contribution in [1.29, 1.82) is 0 Å². The topological polar surface area (TPSA) is 9.23 Å². The van der Waals surface area contributed by atoms with Crippen molar-refractivity contribution in [2.24, 2.45) is 0 Å². The van der Waals surface area contributed by atoms with Crippen molar-refractivity contribution in [2.75, 3.05) is 0 Å². The van der Waals surface area contributed by atoms with E-state index in [0.717, 1.165) is 17.9 Å². The van der Waals surface area contributed by atoms with Crippen LogP contribution in [0.3, 0.4) is 0 Å². The normalized spacial score (nSPS) is 11.2. The molecule has 0 atom stereocenters. The number of ether oxygens (including phenoxy) is 1. The fourth-order valence-corrected chi connectivity index (χ4v) is 5.67. The molecule has 2 rings (SSSR count). The second kappa shape index (κ2) is 24.1. The quantitative estimate of drug-likeness (QED) is 0.109. The Morgan fingerprint density at radius 1 is 0.436 bits per heavy atom. The first-order valence-corrected chi connectivity index (χ1v) is 17.2. The Morgan fingerprint density at radius 3 is 1.36 bits per heavy atom. The molecule has 0 amide bonds. The fraction of sp³-hybridized carbons (Fsp3) is 0.684. The third-order valence-electron chi connectivity index (χ3n) is 8.21. The van der Waals surface area contributed by atoms with Gasteiger partial charge in [0.15, 0.2) is 0 Å². The third-order valence-corrected chi connectivity index (χ3v) is 8.21. The lowest BCUT2D eigenvalue weighted by atomic mass is 9.98. The lowest BCUT2D eigenvalue weighted by Crippen LogP contribution is -1.96. The van der Waals surface area contributed by atoms with E-state index in [1.54, 1.807) is 0 Å². The van der Waals surface area contributed by atoms with E-state index < -0.39 is 0 Å². The van der Waals surface area contributed by atoms with E-state index in [0.29, 0.717) is 0 Å². The zero-order valence-corrected chi connectivity index (χ0v) is 26.0. The maximum atomic E-state index is 6.33. The third kappa shape index (κ3) is 17.5. The van der Waals surface area contributed by atoms with E-state index in [4.69, 9.17) is 4.74 Å². The Labute approximate surface area is 243 Å². The molecular formula is C38H62O. The van der Waals surface area contributed by atoms with Crippen molar-refractivity contribution < 1.29 is 4.74 Å². The zero-order chi connectivity index (χ0) is 27.6. The van der Waals surface area contributed by atoms with Crippen molar-refractivity contribution in [3.05, 3.63) is 59.7 Å². The lowest BCUT2D eigenvalue weighted by Gasteiger charge is -2.13. The minimum Gasteiger partial charge on any atom is -0.457 e. The van der Waals surface area contributed by atoms with E-state index in [9.17, 15) is 0 Å². The molecule has 0 spiro atoms. The highest BCUT2D eigenvalue weighted by atomic mass is 16.5. The van der Waals surface area contributed by atoms with E-state index in [1.807, 2.05) is 0 Å². The number of para-hydroxylation sites is 1. The van der Waals surface area contributed by atoms with Gasteiger partial charge >= 0.3 is 0 Å². The maximum absolute atomic E-state index is 6.33. The molecule has 0 fully saturated rings. The Morgan fingerprint density at radius 2 is 0.872 bits per heavy atom. The van der Waals surface area contributed by atoms with Gasteiger partial charge in [0.25, 0.3) is 0 Å². The van der Waals surface area contributed by atoms with E-state index in [1.165, 1.54) is 159 Å². The molecule has 0 saturated heterocycles. The van der Waals surface area contributed by atoms with Gasteiger partial charge in [0.1, 0.15) is 11.5 Å². The van der Waals surface area contributed by atoms with Gasteiger partial charge in [-0.15, -0.1) is 0 Å². The number of benzene rings is 2. The molecule has 0 aliphatic rings. The van der Waals surface area contributed by atoms with Gasteiger partial charge in [-0.05, 0) is 55.0 Å². The number of unbranched alkanes of at least 4 members (excludes halogenated alkanes) is 20. The van der Waals surface area contributed by atoms with Crippen molar-refractivity contribution >= 4 is 0 Å². The molecule has 220 valence electrons. The van der Waals surface area contributed by atoms with E-state index in [-0.39, 0.29) is 0 Å². The van der Waals surface area contributed by atoms with Crippen molar-refractivity contribution in [3.8, 4) is 11.5 Å². The Bertz CT molecular complexity index is 796. The van der Waals surface area contributed by atoms with Crippen LogP contribution in [0.25, 0.3) is 0 Å². The minimum absolute atomic E-state index is 0.941. The average molecular weight is 535 g/mol. The first-order chi connectivity index (χ1) is 19.3. The lowest BCUT2D eigenvalue weighted by molar-refractivity contribution is 0.473. The fourth-order valence-electron chi connectivity index (χ4n) is 5.67. The molecule has 39 heavy (non-hydrogen) atoms. The SMILES string of the molecule is CCCCCCCCCCCCCc1ccc(Oc2ccccc2)c(CCCCCCCCCCCCC)c1. The highest BCUT2D eigenvalue weighted by molar-refractivity contribution is 5.40. The summed E-state index contributed by atoms with van der Waals surface area (Å²) < 4.78 is 6.33. The van der Waals surface area contributed by atoms with Crippen LogP contribution in [0.4, 0.5) is 0 Å². The van der Waals surface area contributed by atoms with Gasteiger partial charge in [-0.25, -0.2) is 0 Å². The molecule has 0 radical (unpaired) electrons. The standard InChI is InChI=1S/C38H62O/c1-3-5-7-9-11-13-15-17-19-21-24-28-35-32-33-38(39-37-30-26-23-27-31-37)36(34-35)29-25-22-20-18-16-14-12-10-8-6-4-2/h23,26-27,30-34H,3-22,24-25,28-29H2,1-2H3. The molecule has 0 N–H and O–H groups in total. The van der Waals surface area contributed by atoms with E-state index in [2.05, 4.69) is 62.4 Å². The van der Waals surface area contributed by atoms with Crippen LogP contribution in [0.5, 0.6) is 11.5 Å². The highest BCUT2D eigenvalue weighted by Gasteiger charge is 2.08. The second-order valence-electron chi connectivity index (χ2n) is 11.9. The Kier molecular flexibility index (Phi) is 20.6. The summed E-state index contributed by atoms with van der Waals surface area (Å²) in [6, 6.07) is 17.3. The highest BCUT2D eigenvalue weighted by Crippen LogP contribution is 2.28. The summed E-state index contributed by atoms with van der Waals surface area (Å²) >= 11 is 0. The molecule has 1 nitrogen and oxygen atoms in total. The Hall–Kier alpha value is -1.76. The van der Waals surface area contributed by atoms with Crippen molar-refractivity contribution in [1.82, 2.24) is 0 Å². The van der Waals surface area contributed by atoms with Gasteiger partial charge in [-0.3, -0.25) is 0 Å². The molecule has 2 aromatic rings. The van der Waals surface area contributed by atoms with Crippen molar-refractivity contribution in [3.63, 3.8) is 0 Å². The monoisotopic (exact) mass is 534 g/mol. The molecular weight excluding hydrogens is 472 g/mol. The van der Waals surface area contributed by atoms with Crippen LogP contribution >= 0.6 is 0 Å². The second-order valence-corrected chi connectivity index (χ2v) is 11.9. The molecule has 0 bridgehead atoms. The summed E-state index contributed by atoms with van der Waals surface area (Å²) in [4.78, 5) is 0. The van der Waals surface area contributed by atoms with Crippen LogP contribution in [0.2, 0.25) is 0 Å². The summed E-state index contributed by atoms with van der Waals surface area (Å²) in [5.74, 6) is 1.99. The Balaban J connectivity index is 1.69. The van der Waals surface area contributed by atoms with Gasteiger partial charge < -0.3 is 4.74 Å². The van der Waals surface area contributed by atoms with Crippen LogP contribution in [0.1, 0.15) is 166 Å². The number of hydrogen-bond donors (Lipinski definition) is 0. The number of hydrogen-bond acceptors (Lipinski definition) is 1. The summed E-state index contributed by atoms with van der Waals surface area (Å²) in [5, 5.41) is 0. The summed E-state index contributed by atoms with van der Waals surface area (Å²) in [7, 11) is 0. The molecule has 1 heteroatoms. The molecule has 0 aromatic heterocycles. The number of rotatable bonds is 26. The molecule has 0 aliphatic carbocycles. The minimum atomic E-state index is 0.941. The van der Waals surface area contributed by atoms with Crippen LogP contribution in [0, 0.1) is 0 Å². The zero-order valence-electron chi connectivity index (χ0n) is 26.0. The largest absolute Gasteiger partial charge is 0.457 e. The van der Waals surface area contributed by atoms with Crippen LogP contribution in [-0.4, -0.2) is 0 Å². The van der Waals surface area contributed by atoms with Gasteiger partial charge in [0.05, 0.1) is 0 Å². The smallest absolute Gasteiger partial charge is 0.130 e. The van der Waals surface area contributed by atoms with Gasteiger partial charge in [0, 0.05) is 0 Å². The summed E-state index contributed by atoms with van der Waals surface area (Å²) in [5.41, 5.74) is 2.89. The maximum Gasteiger partial charge on any atom is 0.130 e. The van der Waals surface area contributed by atoms with Crippen LogP contribution in [0.15, 0.2) is 48.5 Å². The van der Waals surface area contributed by atoms with Gasteiger partial charge in [-0.1, -0.05) is 173 Å². The summed E-state index contributed by atoms with van der Waals surface area (Å²) in [6.45, 7) is 4.60. The first kappa shape index (κ1) is 33.4. The molecule has 0 unspecified atom stereocenters. The van der Waals surface area contributed by atoms with Gasteiger partial charge in [0.2, 0.25) is 0 Å². The van der Waals surface area contributed by atoms with Gasteiger partial charge in [-0.2, -0.15) is 0 Å². The average Bonchev–Trinajstić information content (AvgIpc) is 2.96. The van der Waals surface area contributed by atoms with Crippen LogP contribution in [-0.2, 0) is 12.8 Å².